The Morgan fingerprint density at radius 1 is 0.386 bits per heavy atom. The highest BCUT2D eigenvalue weighted by Gasteiger charge is 2.40. The van der Waals surface area contributed by atoms with E-state index in [4.69, 9.17) is 0 Å². The quantitative estimate of drug-likeness (QED) is 0.0848. The van der Waals surface area contributed by atoms with Gasteiger partial charge in [-0.2, -0.15) is 50.5 Å². The van der Waals surface area contributed by atoms with E-state index >= 15 is 16.8 Å². The van der Waals surface area contributed by atoms with Gasteiger partial charge in [0.05, 0.1) is 65.1 Å². The normalized spacial score (nSPS) is 16.4. The summed E-state index contributed by atoms with van der Waals surface area (Å²) in [7, 11) is -55.9. The van der Waals surface area contributed by atoms with Gasteiger partial charge in [0, 0.05) is 21.5 Å². The molecule has 0 saturated carbocycles. The molecule has 0 aliphatic carbocycles. The molecule has 464 valence electrons. The van der Waals surface area contributed by atoms with Crippen molar-refractivity contribution in [3.05, 3.63) is 133 Å². The Morgan fingerprint density at radius 2 is 0.716 bits per heavy atom. The van der Waals surface area contributed by atoms with Crippen molar-refractivity contribution in [2.75, 3.05) is 28.7 Å². The molecule has 0 radical (unpaired) electrons. The molecule has 0 spiro atoms. The summed E-state index contributed by atoms with van der Waals surface area (Å²) in [5.74, 6) is 0. The molecule has 8 aromatic rings. The lowest BCUT2D eigenvalue weighted by Crippen LogP contribution is -2.32. The van der Waals surface area contributed by atoms with E-state index in [2.05, 4.69) is 9.44 Å². The van der Waals surface area contributed by atoms with Crippen molar-refractivity contribution in [3.63, 3.8) is 0 Å². The van der Waals surface area contributed by atoms with E-state index in [0.717, 1.165) is 60.7 Å². The topological polar surface area (TPSA) is 534 Å². The number of rotatable bonds is 10. The fraction of sp³-hybridized carbons (Fsp3) is 0. The summed E-state index contributed by atoms with van der Waals surface area (Å²) in [5, 5.41) is -0.853. The van der Waals surface area contributed by atoms with Crippen LogP contribution in [0.25, 0.3) is 21.5 Å². The predicted octanol–water partition coefficient (Wildman–Crippen LogP) is 4.40. The summed E-state index contributed by atoms with van der Waals surface area (Å²) < 4.78 is 339. The molecule has 2 heterocycles. The zero-order valence-corrected chi connectivity index (χ0v) is 50.6. The van der Waals surface area contributed by atoms with Crippen molar-refractivity contribution in [3.8, 4) is 0 Å². The number of nitrogens with zero attached hydrogens (tertiary/aromatic N) is 2. The first-order valence-electron chi connectivity index (χ1n) is 23.1. The van der Waals surface area contributed by atoms with Crippen molar-refractivity contribution in [1.82, 2.24) is 0 Å². The molecule has 2 aliphatic heterocycles. The van der Waals surface area contributed by atoms with Gasteiger partial charge in [0.25, 0.3) is 101 Å². The number of hydrogen-bond donors (Lipinski definition) is 10. The molecule has 10 N–H and O–H groups in total. The smallest absolute Gasteiger partial charge is 0.305 e. The maximum Gasteiger partial charge on any atom is 0.323 e. The fourth-order valence-corrected chi connectivity index (χ4v) is 19.0. The highest BCUT2D eigenvalue weighted by atomic mass is 32.3. The Balaban J connectivity index is 1.21. The minimum atomic E-state index is -5.92. The summed E-state index contributed by atoms with van der Waals surface area (Å²) in [6.07, 6.45) is 0. The lowest BCUT2D eigenvalue weighted by molar-refractivity contribution is 0.262. The third-order valence-corrected chi connectivity index (χ3v) is 24.4. The molecule has 0 saturated heterocycles. The molecule has 43 heteroatoms. The van der Waals surface area contributed by atoms with E-state index in [9.17, 15) is 99.5 Å². The zero-order valence-electron chi connectivity index (χ0n) is 42.4. The molecule has 2 aliphatic rings. The average molecular weight is 1410 g/mol. The van der Waals surface area contributed by atoms with Crippen LogP contribution in [0.3, 0.4) is 0 Å². The second-order valence-corrected chi connectivity index (χ2v) is 33.7. The van der Waals surface area contributed by atoms with Gasteiger partial charge in [0.1, 0.15) is 29.4 Å². The summed E-state index contributed by atoms with van der Waals surface area (Å²) >= 11 is 0. The van der Waals surface area contributed by atoms with Crippen molar-refractivity contribution in [2.45, 2.75) is 49.0 Å². The monoisotopic (exact) mass is 1410 g/mol. The zero-order chi connectivity index (χ0) is 64.8. The van der Waals surface area contributed by atoms with Crippen molar-refractivity contribution in [1.29, 1.82) is 0 Å². The number of fused-ring (bicyclic) bond motifs is 10. The number of anilines is 8. The Kier molecular flexibility index (Phi) is 14.7. The number of benzene rings is 8. The third kappa shape index (κ3) is 11.1. The molecule has 0 fully saturated rings. The van der Waals surface area contributed by atoms with Gasteiger partial charge in [-0.3, -0.25) is 36.8 Å². The minimum Gasteiger partial charge on any atom is -0.305 e. The largest absolute Gasteiger partial charge is 0.323 e. The second-order valence-electron chi connectivity index (χ2n) is 18.4. The van der Waals surface area contributed by atoms with Crippen LogP contribution >= 0.6 is 0 Å². The second kappa shape index (κ2) is 20.5. The van der Waals surface area contributed by atoms with E-state index in [1.165, 1.54) is 0 Å². The van der Waals surface area contributed by atoms with Crippen LogP contribution in [-0.2, 0) is 101 Å². The van der Waals surface area contributed by atoms with Gasteiger partial charge in [-0.15, -0.1) is 0 Å². The highest BCUT2D eigenvalue weighted by molar-refractivity contribution is 7.94. The van der Waals surface area contributed by atoms with E-state index in [0.29, 0.717) is 48.5 Å². The minimum absolute atomic E-state index is 0.0624. The first kappa shape index (κ1) is 63.0. The number of para-hydroxylation sites is 2. The molecular weight excluding hydrogens is 1380 g/mol. The SMILES string of the molecule is O=C(Nc1c2cccc1S(=O)(=O)N(c1ccc(S(=O)(=O)O)c3cc(S(=O)(=O)O)cc(S(=O)(=O)O)c13)c1cccc(c1)S(=O)(=O)N2)Nc1c2cccc1S(=O)(=O)N(c1ccc(S(=O)(=O)O)c3cc(S(=O)(=O)O)cc(S(=O)(=O)O)c13)c1cccc(c1)S(=O)(=O)N2. The third-order valence-electron chi connectivity index (χ3n) is 12.9. The highest BCUT2D eigenvalue weighted by Crippen LogP contribution is 2.49. The van der Waals surface area contributed by atoms with E-state index in [-0.39, 0.29) is 32.9 Å². The van der Waals surface area contributed by atoms with Gasteiger partial charge in [-0.05, 0) is 109 Å². The van der Waals surface area contributed by atoms with Crippen LogP contribution in [0.15, 0.2) is 182 Å². The Bertz CT molecular complexity index is 5380. The molecule has 0 unspecified atom stereocenters. The molecule has 8 bridgehead atoms. The van der Waals surface area contributed by atoms with Crippen LogP contribution in [0.2, 0.25) is 0 Å². The van der Waals surface area contributed by atoms with Gasteiger partial charge in [0.15, 0.2) is 0 Å². The number of carbonyl (C=O) groups excluding carboxylic acids is 1. The number of carbonyl (C=O) groups is 1. The molecule has 0 aromatic heterocycles. The summed E-state index contributed by atoms with van der Waals surface area (Å²) in [6, 6.07) is 12.1. The van der Waals surface area contributed by atoms with Gasteiger partial charge in [-0.25, -0.2) is 47.1 Å². The van der Waals surface area contributed by atoms with Crippen LogP contribution in [0.1, 0.15) is 0 Å². The number of sulfonamides is 4. The van der Waals surface area contributed by atoms with Gasteiger partial charge in [0.2, 0.25) is 0 Å². The van der Waals surface area contributed by atoms with E-state index in [1.807, 2.05) is 10.6 Å². The molecular formula is C45H32N6O27S10. The standard InChI is InChI=1S/C45H32N6O27S10/c52-45(46-43-31-9-3-11-37(43)81(57,58)50(23-5-1-7-25(17-23)79(53,54)48-31)33-13-15-35(85(67,68)69)29-19-27(83(61,62)63)21-39(41(29)33)87(73,74)75)47-44-32-10-4-12-38(44)82(59,60)51(24-6-2-8-26(18-24)80(55,56)49-32)34-14-16-36(86(70,71)72)30-20-28(84(64,65)66)22-40(42(30)34)88(76,77)78/h1-22,48-49H,(H2,46,47,52)(H,61,62,63)(H,64,65,66)(H,67,68,69)(H,70,71,72)(H,73,74,75)(H,76,77,78). The van der Waals surface area contributed by atoms with E-state index < -0.39 is 223 Å². The summed E-state index contributed by atoms with van der Waals surface area (Å²) in [4.78, 5) is 1.75. The Morgan fingerprint density at radius 3 is 1.03 bits per heavy atom. The first-order valence-corrected chi connectivity index (χ1v) is 37.6. The molecule has 8 aromatic carbocycles. The Hall–Kier alpha value is -7.99. The average Bonchev–Trinajstić information content (AvgIpc) is 0.925. The van der Waals surface area contributed by atoms with Crippen LogP contribution in [-0.4, -0.2) is 118 Å². The van der Waals surface area contributed by atoms with Crippen LogP contribution in [0.4, 0.5) is 50.3 Å². The summed E-state index contributed by atoms with van der Waals surface area (Å²) in [5.41, 5.74) is -7.85. The van der Waals surface area contributed by atoms with E-state index in [1.54, 1.807) is 0 Å². The number of urea groups is 1. The fourth-order valence-electron chi connectivity index (χ4n) is 9.40. The van der Waals surface area contributed by atoms with Crippen molar-refractivity contribution < 1.29 is 116 Å². The lowest BCUT2D eigenvalue weighted by Gasteiger charge is -2.30. The maximum absolute atomic E-state index is 15.7. The first-order chi connectivity index (χ1) is 40.3. The van der Waals surface area contributed by atoms with Gasteiger partial charge < -0.3 is 10.6 Å². The Labute approximate surface area is 497 Å². The predicted molar refractivity (Wildman–Crippen MR) is 305 cm³/mol. The maximum atomic E-state index is 15.7. The molecule has 2 amide bonds. The van der Waals surface area contributed by atoms with Crippen LogP contribution in [0.5, 0.6) is 0 Å². The van der Waals surface area contributed by atoms with Gasteiger partial charge >= 0.3 is 6.03 Å². The molecule has 10 rings (SSSR count). The number of nitrogens with one attached hydrogen (secondary N) is 4. The number of hydrogen-bond acceptors (Lipinski definition) is 21. The van der Waals surface area contributed by atoms with Crippen molar-refractivity contribution in [2.24, 2.45) is 0 Å². The van der Waals surface area contributed by atoms with Crippen molar-refractivity contribution >= 4 is 174 Å². The molecule has 0 atom stereocenters. The summed E-state index contributed by atoms with van der Waals surface area (Å²) in [6.45, 7) is 0. The lowest BCUT2D eigenvalue weighted by atomic mass is 10.1. The van der Waals surface area contributed by atoms with Crippen LogP contribution < -0.4 is 28.7 Å². The molecule has 33 nitrogen and oxygen atoms in total. The van der Waals surface area contributed by atoms with Crippen LogP contribution in [0, 0.1) is 0 Å². The molecule has 88 heavy (non-hydrogen) atoms. The van der Waals surface area contributed by atoms with Gasteiger partial charge in [-0.1, -0.05) is 24.3 Å². The number of amides is 2.